The van der Waals surface area contributed by atoms with Crippen LogP contribution >= 0.6 is 11.6 Å². The summed E-state index contributed by atoms with van der Waals surface area (Å²) in [4.78, 5) is 11.6. The van der Waals surface area contributed by atoms with Crippen molar-refractivity contribution in [1.29, 1.82) is 0 Å². The maximum Gasteiger partial charge on any atom is 0.319 e. The normalized spacial score (nSPS) is 12.4. The molecule has 1 aliphatic rings. The van der Waals surface area contributed by atoms with Crippen molar-refractivity contribution in [3.05, 3.63) is 34.9 Å². The third kappa shape index (κ3) is 2.61. The van der Waals surface area contributed by atoms with Gasteiger partial charge < -0.3 is 10.6 Å². The first-order valence-corrected chi connectivity index (χ1v) is 6.15. The number of carbonyl (C=O) groups excluding carboxylic acids is 1. The summed E-state index contributed by atoms with van der Waals surface area (Å²) < 4.78 is 0. The SMILES string of the molecule is Cc1ccc(NC(=O)NCCCl)c2c1CC=C2. The average molecular weight is 251 g/mol. The van der Waals surface area contributed by atoms with Crippen LogP contribution in [0.1, 0.15) is 16.7 Å². The standard InChI is InChI=1S/C13H15ClN2O/c1-9-5-6-12(11-4-2-3-10(9)11)16-13(17)15-8-7-14/h2,4-6H,3,7-8H2,1H3,(H2,15,16,17). The Morgan fingerprint density at radius 1 is 1.47 bits per heavy atom. The number of fused-ring (bicyclic) bond motifs is 1. The van der Waals surface area contributed by atoms with Gasteiger partial charge in [-0.05, 0) is 30.5 Å². The summed E-state index contributed by atoms with van der Waals surface area (Å²) in [6.07, 6.45) is 5.11. The fourth-order valence-electron chi connectivity index (χ4n) is 1.97. The number of amides is 2. The van der Waals surface area contributed by atoms with Gasteiger partial charge in [-0.1, -0.05) is 18.2 Å². The van der Waals surface area contributed by atoms with E-state index in [4.69, 9.17) is 11.6 Å². The number of carbonyl (C=O) groups is 1. The minimum absolute atomic E-state index is 0.211. The van der Waals surface area contributed by atoms with Crippen molar-refractivity contribution in [3.8, 4) is 0 Å². The highest BCUT2D eigenvalue weighted by Gasteiger charge is 2.13. The summed E-state index contributed by atoms with van der Waals surface area (Å²) in [5, 5.41) is 5.52. The van der Waals surface area contributed by atoms with Crippen molar-refractivity contribution in [2.75, 3.05) is 17.7 Å². The number of urea groups is 1. The van der Waals surface area contributed by atoms with Gasteiger partial charge in [-0.25, -0.2) is 4.79 Å². The lowest BCUT2D eigenvalue weighted by atomic mass is 10.0. The first-order chi connectivity index (χ1) is 8.22. The molecule has 2 rings (SSSR count). The molecule has 17 heavy (non-hydrogen) atoms. The van der Waals surface area contributed by atoms with Crippen LogP contribution in [0.4, 0.5) is 10.5 Å². The number of rotatable bonds is 3. The van der Waals surface area contributed by atoms with Crippen molar-refractivity contribution in [2.24, 2.45) is 0 Å². The molecule has 0 radical (unpaired) electrons. The molecule has 0 heterocycles. The van der Waals surface area contributed by atoms with E-state index in [1.807, 2.05) is 12.1 Å². The molecule has 2 N–H and O–H groups in total. The monoisotopic (exact) mass is 250 g/mol. The molecular weight excluding hydrogens is 236 g/mol. The number of allylic oxidation sites excluding steroid dienone is 1. The lowest BCUT2D eigenvalue weighted by Gasteiger charge is -2.12. The molecule has 0 spiro atoms. The summed E-state index contributed by atoms with van der Waals surface area (Å²) >= 11 is 5.51. The Hall–Kier alpha value is -1.48. The molecule has 0 unspecified atom stereocenters. The summed E-state index contributed by atoms with van der Waals surface area (Å²) in [6.45, 7) is 2.56. The highest BCUT2D eigenvalue weighted by atomic mass is 35.5. The van der Waals surface area contributed by atoms with E-state index < -0.39 is 0 Å². The van der Waals surface area contributed by atoms with E-state index in [0.717, 1.165) is 17.7 Å². The third-order valence-electron chi connectivity index (χ3n) is 2.83. The van der Waals surface area contributed by atoms with Gasteiger partial charge in [0.15, 0.2) is 0 Å². The van der Waals surface area contributed by atoms with Crippen LogP contribution in [0, 0.1) is 6.92 Å². The van der Waals surface area contributed by atoms with Gasteiger partial charge in [-0.2, -0.15) is 0 Å². The van der Waals surface area contributed by atoms with Gasteiger partial charge in [-0.15, -0.1) is 11.6 Å². The molecule has 1 aromatic rings. The minimum Gasteiger partial charge on any atom is -0.337 e. The lowest BCUT2D eigenvalue weighted by molar-refractivity contribution is 0.252. The number of hydrogen-bond donors (Lipinski definition) is 2. The van der Waals surface area contributed by atoms with Crippen LogP contribution < -0.4 is 10.6 Å². The first kappa shape index (κ1) is 12.0. The fourth-order valence-corrected chi connectivity index (χ4v) is 2.06. The number of halogens is 1. The Labute approximate surface area is 106 Å². The number of nitrogens with one attached hydrogen (secondary N) is 2. The molecule has 90 valence electrons. The van der Waals surface area contributed by atoms with Crippen LogP contribution in [-0.2, 0) is 6.42 Å². The van der Waals surface area contributed by atoms with Gasteiger partial charge in [0.05, 0.1) is 0 Å². The Morgan fingerprint density at radius 3 is 3.06 bits per heavy atom. The molecular formula is C13H15ClN2O. The van der Waals surface area contributed by atoms with Gasteiger partial charge in [0.25, 0.3) is 0 Å². The Balaban J connectivity index is 2.14. The summed E-state index contributed by atoms with van der Waals surface area (Å²) in [5.41, 5.74) is 4.52. The zero-order chi connectivity index (χ0) is 12.3. The molecule has 4 heteroatoms. The molecule has 0 atom stereocenters. The van der Waals surface area contributed by atoms with Crippen LogP contribution in [-0.4, -0.2) is 18.5 Å². The highest BCUT2D eigenvalue weighted by molar-refractivity contribution is 6.18. The van der Waals surface area contributed by atoms with Crippen molar-refractivity contribution in [3.63, 3.8) is 0 Å². The van der Waals surface area contributed by atoms with Gasteiger partial charge in [0.1, 0.15) is 0 Å². The second-order valence-electron chi connectivity index (χ2n) is 4.00. The molecule has 0 fully saturated rings. The van der Waals surface area contributed by atoms with Gasteiger partial charge >= 0.3 is 6.03 Å². The van der Waals surface area contributed by atoms with Crippen molar-refractivity contribution < 1.29 is 4.79 Å². The minimum atomic E-state index is -0.211. The maximum absolute atomic E-state index is 11.6. The van der Waals surface area contributed by atoms with Gasteiger partial charge in [0, 0.05) is 23.7 Å². The number of benzene rings is 1. The van der Waals surface area contributed by atoms with Crippen LogP contribution in [0.5, 0.6) is 0 Å². The summed E-state index contributed by atoms with van der Waals surface area (Å²) in [7, 11) is 0. The fraction of sp³-hybridized carbons (Fsp3) is 0.308. The lowest BCUT2D eigenvalue weighted by Crippen LogP contribution is -2.30. The Bertz CT molecular complexity index is 469. The van der Waals surface area contributed by atoms with Crippen molar-refractivity contribution in [1.82, 2.24) is 5.32 Å². The van der Waals surface area contributed by atoms with Crippen molar-refractivity contribution in [2.45, 2.75) is 13.3 Å². The van der Waals surface area contributed by atoms with Crippen LogP contribution in [0.3, 0.4) is 0 Å². The molecule has 1 aliphatic carbocycles. The smallest absolute Gasteiger partial charge is 0.319 e. The van der Waals surface area contributed by atoms with Crippen LogP contribution in [0.25, 0.3) is 6.08 Å². The van der Waals surface area contributed by atoms with E-state index >= 15 is 0 Å². The number of anilines is 1. The second-order valence-corrected chi connectivity index (χ2v) is 4.38. The molecule has 0 saturated carbocycles. The summed E-state index contributed by atoms with van der Waals surface area (Å²) in [6, 6.07) is 3.75. The Kier molecular flexibility index (Phi) is 3.69. The number of aryl methyl sites for hydroxylation is 1. The van der Waals surface area contributed by atoms with Crippen LogP contribution in [0.15, 0.2) is 18.2 Å². The largest absolute Gasteiger partial charge is 0.337 e. The molecule has 0 aliphatic heterocycles. The van der Waals surface area contributed by atoms with Gasteiger partial charge in [-0.3, -0.25) is 0 Å². The summed E-state index contributed by atoms with van der Waals surface area (Å²) in [5.74, 6) is 0.416. The third-order valence-corrected chi connectivity index (χ3v) is 3.02. The quantitative estimate of drug-likeness (QED) is 0.796. The molecule has 0 saturated heterocycles. The first-order valence-electron chi connectivity index (χ1n) is 5.62. The zero-order valence-electron chi connectivity index (χ0n) is 9.72. The number of alkyl halides is 1. The molecule has 0 aromatic heterocycles. The van der Waals surface area contributed by atoms with E-state index in [9.17, 15) is 4.79 Å². The molecule has 2 amide bonds. The van der Waals surface area contributed by atoms with E-state index in [2.05, 4.69) is 29.7 Å². The molecule has 3 nitrogen and oxygen atoms in total. The van der Waals surface area contributed by atoms with E-state index in [-0.39, 0.29) is 6.03 Å². The van der Waals surface area contributed by atoms with Gasteiger partial charge in [0.2, 0.25) is 0 Å². The van der Waals surface area contributed by atoms with Crippen molar-refractivity contribution >= 4 is 29.4 Å². The van der Waals surface area contributed by atoms with E-state index in [1.54, 1.807) is 0 Å². The zero-order valence-corrected chi connectivity index (χ0v) is 10.5. The highest BCUT2D eigenvalue weighted by Crippen LogP contribution is 2.29. The molecule has 0 bridgehead atoms. The number of hydrogen-bond acceptors (Lipinski definition) is 1. The predicted molar refractivity (Wildman–Crippen MR) is 71.7 cm³/mol. The second kappa shape index (κ2) is 5.23. The molecule has 1 aromatic carbocycles. The maximum atomic E-state index is 11.6. The topological polar surface area (TPSA) is 41.1 Å². The van der Waals surface area contributed by atoms with Crippen LogP contribution in [0.2, 0.25) is 0 Å². The average Bonchev–Trinajstić information content (AvgIpc) is 2.80. The van der Waals surface area contributed by atoms with E-state index in [0.29, 0.717) is 12.4 Å². The predicted octanol–water partition coefficient (Wildman–Crippen LogP) is 2.92. The Morgan fingerprint density at radius 2 is 2.29 bits per heavy atom. The van der Waals surface area contributed by atoms with E-state index in [1.165, 1.54) is 11.1 Å².